The van der Waals surface area contributed by atoms with Crippen molar-refractivity contribution in [2.24, 2.45) is 0 Å². The third-order valence-electron chi connectivity index (χ3n) is 4.99. The van der Waals surface area contributed by atoms with Gasteiger partial charge < -0.3 is 14.7 Å². The average Bonchev–Trinajstić information content (AvgIpc) is 3.03. The van der Waals surface area contributed by atoms with Gasteiger partial charge in [-0.25, -0.2) is 4.39 Å². The highest BCUT2D eigenvalue weighted by atomic mass is 19.1. The molecule has 132 valence electrons. The Hall–Kier alpha value is -1.66. The van der Waals surface area contributed by atoms with Crippen LogP contribution in [0.3, 0.4) is 0 Å². The number of hydrogen-bond acceptors (Lipinski definition) is 4. The second kappa shape index (κ2) is 7.94. The van der Waals surface area contributed by atoms with Crippen LogP contribution in [0.15, 0.2) is 24.3 Å². The lowest BCUT2D eigenvalue weighted by Gasteiger charge is -2.39. The van der Waals surface area contributed by atoms with Gasteiger partial charge in [0.1, 0.15) is 0 Å². The number of carbonyl (C=O) groups excluding carboxylic acids is 1. The Balaban J connectivity index is 1.40. The maximum Gasteiger partial charge on any atom is 0.226 e. The number of hydrogen-bond donors (Lipinski definition) is 1. The molecule has 1 aliphatic carbocycles. The van der Waals surface area contributed by atoms with Crippen LogP contribution in [0, 0.1) is 5.82 Å². The zero-order valence-electron chi connectivity index (χ0n) is 13.9. The predicted octanol–water partition coefficient (Wildman–Crippen LogP) is 1.65. The van der Waals surface area contributed by atoms with Crippen LogP contribution in [0.1, 0.15) is 25.7 Å². The van der Waals surface area contributed by atoms with Crippen LogP contribution in [-0.2, 0) is 4.79 Å². The summed E-state index contributed by atoms with van der Waals surface area (Å²) in [5, 5.41) is 9.99. The SMILES string of the molecule is O=C(CCOc1ccccc1F)N1CCN([C@H]2CCC[C@H]2O)CC1. The molecule has 1 amide bonds. The van der Waals surface area contributed by atoms with E-state index in [0.29, 0.717) is 13.1 Å². The largest absolute Gasteiger partial charge is 0.490 e. The molecule has 2 aliphatic rings. The van der Waals surface area contributed by atoms with Crippen molar-refractivity contribution in [3.63, 3.8) is 0 Å². The van der Waals surface area contributed by atoms with Crippen molar-refractivity contribution in [3.8, 4) is 5.75 Å². The molecule has 1 aromatic rings. The van der Waals surface area contributed by atoms with Crippen LogP contribution in [0.25, 0.3) is 0 Å². The minimum atomic E-state index is -0.409. The first kappa shape index (κ1) is 17.2. The first-order chi connectivity index (χ1) is 11.6. The molecule has 5 nitrogen and oxygen atoms in total. The minimum absolute atomic E-state index is 0.0398. The Labute approximate surface area is 142 Å². The topological polar surface area (TPSA) is 53.0 Å². The first-order valence-electron chi connectivity index (χ1n) is 8.72. The number of benzene rings is 1. The van der Waals surface area contributed by atoms with Crippen molar-refractivity contribution in [3.05, 3.63) is 30.1 Å². The summed E-state index contributed by atoms with van der Waals surface area (Å²) in [7, 11) is 0. The van der Waals surface area contributed by atoms with E-state index in [1.54, 1.807) is 18.2 Å². The number of piperazine rings is 1. The Morgan fingerprint density at radius 2 is 1.96 bits per heavy atom. The fourth-order valence-corrected chi connectivity index (χ4v) is 3.62. The Bertz CT molecular complexity index is 561. The molecule has 1 aliphatic heterocycles. The lowest BCUT2D eigenvalue weighted by molar-refractivity contribution is -0.134. The van der Waals surface area contributed by atoms with Gasteiger partial charge in [0, 0.05) is 32.2 Å². The summed E-state index contributed by atoms with van der Waals surface area (Å²) in [6, 6.07) is 6.47. The molecule has 0 spiro atoms. The van der Waals surface area contributed by atoms with Crippen LogP contribution < -0.4 is 4.74 Å². The summed E-state index contributed by atoms with van der Waals surface area (Å²) in [6.07, 6.45) is 3.04. The van der Waals surface area contributed by atoms with Crippen LogP contribution >= 0.6 is 0 Å². The van der Waals surface area contributed by atoms with Gasteiger partial charge in [0.2, 0.25) is 5.91 Å². The van der Waals surface area contributed by atoms with Gasteiger partial charge in [0.05, 0.1) is 19.1 Å². The van der Waals surface area contributed by atoms with Crippen molar-refractivity contribution in [1.29, 1.82) is 0 Å². The molecule has 3 rings (SSSR count). The molecule has 0 aromatic heterocycles. The zero-order chi connectivity index (χ0) is 16.9. The Morgan fingerprint density at radius 1 is 1.21 bits per heavy atom. The third-order valence-corrected chi connectivity index (χ3v) is 4.99. The number of aliphatic hydroxyl groups excluding tert-OH is 1. The van der Waals surface area contributed by atoms with Crippen molar-refractivity contribution in [1.82, 2.24) is 9.80 Å². The van der Waals surface area contributed by atoms with Gasteiger partial charge in [0.15, 0.2) is 11.6 Å². The normalized spacial score (nSPS) is 25.0. The lowest BCUT2D eigenvalue weighted by Crippen LogP contribution is -2.53. The molecule has 0 bridgehead atoms. The van der Waals surface area contributed by atoms with Gasteiger partial charge in [-0.05, 0) is 31.4 Å². The van der Waals surface area contributed by atoms with Gasteiger partial charge in [-0.15, -0.1) is 0 Å². The minimum Gasteiger partial charge on any atom is -0.490 e. The van der Waals surface area contributed by atoms with Gasteiger partial charge in [0.25, 0.3) is 0 Å². The van der Waals surface area contributed by atoms with E-state index < -0.39 is 5.82 Å². The molecule has 0 radical (unpaired) electrons. The van der Waals surface area contributed by atoms with Crippen LogP contribution in [-0.4, -0.2) is 65.7 Å². The molecule has 1 saturated carbocycles. The molecular weight excluding hydrogens is 311 g/mol. The van der Waals surface area contributed by atoms with E-state index in [-0.39, 0.29) is 36.8 Å². The Morgan fingerprint density at radius 3 is 2.62 bits per heavy atom. The molecule has 1 aromatic carbocycles. The lowest BCUT2D eigenvalue weighted by atomic mass is 10.1. The van der Waals surface area contributed by atoms with Gasteiger partial charge in [-0.1, -0.05) is 12.1 Å². The molecule has 2 fully saturated rings. The highest BCUT2D eigenvalue weighted by Crippen LogP contribution is 2.25. The molecule has 6 heteroatoms. The van der Waals surface area contributed by atoms with Crippen LogP contribution in [0.5, 0.6) is 5.75 Å². The number of rotatable bonds is 5. The van der Waals surface area contributed by atoms with Gasteiger partial charge >= 0.3 is 0 Å². The monoisotopic (exact) mass is 336 g/mol. The number of carbonyl (C=O) groups is 1. The fourth-order valence-electron chi connectivity index (χ4n) is 3.62. The fraction of sp³-hybridized carbons (Fsp3) is 0.611. The molecule has 24 heavy (non-hydrogen) atoms. The second-order valence-corrected chi connectivity index (χ2v) is 6.51. The summed E-state index contributed by atoms with van der Waals surface area (Å²) in [5.74, 6) is -0.183. The quantitative estimate of drug-likeness (QED) is 0.888. The third kappa shape index (κ3) is 4.05. The van der Waals surface area contributed by atoms with E-state index in [4.69, 9.17) is 4.74 Å². The van der Waals surface area contributed by atoms with E-state index in [0.717, 1.165) is 32.4 Å². The number of para-hydroxylation sites is 1. The van der Waals surface area contributed by atoms with Crippen LogP contribution in [0.2, 0.25) is 0 Å². The molecular formula is C18H25FN2O3. The van der Waals surface area contributed by atoms with Crippen molar-refractivity contribution in [2.75, 3.05) is 32.8 Å². The van der Waals surface area contributed by atoms with E-state index in [1.165, 1.54) is 6.07 Å². The summed E-state index contributed by atoms with van der Waals surface area (Å²) in [6.45, 7) is 3.16. The van der Waals surface area contributed by atoms with Crippen LogP contribution in [0.4, 0.5) is 4.39 Å². The summed E-state index contributed by atoms with van der Waals surface area (Å²) in [5.41, 5.74) is 0. The zero-order valence-corrected chi connectivity index (χ0v) is 13.9. The van der Waals surface area contributed by atoms with Gasteiger partial charge in [-0.3, -0.25) is 9.69 Å². The van der Waals surface area contributed by atoms with Gasteiger partial charge in [-0.2, -0.15) is 0 Å². The number of ether oxygens (including phenoxy) is 1. The summed E-state index contributed by atoms with van der Waals surface area (Å²) >= 11 is 0. The highest BCUT2D eigenvalue weighted by Gasteiger charge is 2.33. The number of aliphatic hydroxyl groups is 1. The number of amides is 1. The van der Waals surface area contributed by atoms with E-state index in [1.807, 2.05) is 4.90 Å². The summed E-state index contributed by atoms with van der Waals surface area (Å²) in [4.78, 5) is 16.4. The Kier molecular flexibility index (Phi) is 5.68. The first-order valence-corrected chi connectivity index (χ1v) is 8.72. The van der Waals surface area contributed by atoms with E-state index >= 15 is 0 Å². The smallest absolute Gasteiger partial charge is 0.226 e. The highest BCUT2D eigenvalue weighted by molar-refractivity contribution is 5.76. The molecule has 0 unspecified atom stereocenters. The summed E-state index contributed by atoms with van der Waals surface area (Å²) < 4.78 is 18.8. The standard InChI is InChI=1S/C18H25FN2O3/c19-14-4-1-2-7-17(14)24-13-8-18(23)21-11-9-20(10-12-21)15-5-3-6-16(15)22/h1-2,4,7,15-16,22H,3,5-6,8-13H2/t15-,16+/m0/s1. The van der Waals surface area contributed by atoms with E-state index in [2.05, 4.69) is 4.90 Å². The molecule has 1 heterocycles. The number of halogens is 1. The molecule has 1 N–H and O–H groups in total. The molecule has 2 atom stereocenters. The van der Waals surface area contributed by atoms with Crippen molar-refractivity contribution >= 4 is 5.91 Å². The predicted molar refractivity (Wildman–Crippen MR) is 88.3 cm³/mol. The molecule has 1 saturated heterocycles. The number of nitrogens with zero attached hydrogens (tertiary/aromatic N) is 2. The maximum atomic E-state index is 13.4. The van der Waals surface area contributed by atoms with Crippen molar-refractivity contribution in [2.45, 2.75) is 37.8 Å². The maximum absolute atomic E-state index is 13.4. The second-order valence-electron chi connectivity index (χ2n) is 6.51. The van der Waals surface area contributed by atoms with Crippen molar-refractivity contribution < 1.29 is 19.0 Å². The average molecular weight is 336 g/mol. The van der Waals surface area contributed by atoms with E-state index in [9.17, 15) is 14.3 Å².